The van der Waals surface area contributed by atoms with Gasteiger partial charge in [0.25, 0.3) is 11.6 Å². The lowest BCUT2D eigenvalue weighted by atomic mass is 10.1. The van der Waals surface area contributed by atoms with Crippen LogP contribution in [0.15, 0.2) is 42.1 Å². The highest BCUT2D eigenvalue weighted by Gasteiger charge is 2.34. The van der Waals surface area contributed by atoms with Gasteiger partial charge in [0.05, 0.1) is 24.1 Å². The van der Waals surface area contributed by atoms with E-state index < -0.39 is 16.9 Å². The minimum absolute atomic E-state index is 0.0107. The van der Waals surface area contributed by atoms with E-state index in [9.17, 15) is 24.8 Å². The van der Waals surface area contributed by atoms with E-state index in [-0.39, 0.29) is 41.6 Å². The smallest absolute Gasteiger partial charge is 0.329 e. The maximum atomic E-state index is 12.7. The van der Waals surface area contributed by atoms with Gasteiger partial charge in [0.1, 0.15) is 5.70 Å². The van der Waals surface area contributed by atoms with Gasteiger partial charge in [-0.25, -0.2) is 4.79 Å². The van der Waals surface area contributed by atoms with Crippen LogP contribution in [0.25, 0.3) is 6.08 Å². The van der Waals surface area contributed by atoms with Crippen LogP contribution in [0.5, 0.6) is 11.5 Å². The molecule has 2 aromatic carbocycles. The zero-order valence-corrected chi connectivity index (χ0v) is 15.8. The van der Waals surface area contributed by atoms with Crippen molar-refractivity contribution in [2.45, 2.75) is 20.4 Å². The number of ether oxygens (including phenoxy) is 1. The predicted molar refractivity (Wildman–Crippen MR) is 104 cm³/mol. The Kier molecular flexibility index (Phi) is 5.49. The second kappa shape index (κ2) is 8.01. The molecule has 1 heterocycles. The molecule has 9 heteroatoms. The fourth-order valence-corrected chi connectivity index (χ4v) is 2.84. The molecule has 0 atom stereocenters. The van der Waals surface area contributed by atoms with Crippen LogP contribution in [0, 0.1) is 17.0 Å². The summed E-state index contributed by atoms with van der Waals surface area (Å²) in [5, 5.41) is 23.9. The maximum Gasteiger partial charge on any atom is 0.329 e. The van der Waals surface area contributed by atoms with Crippen LogP contribution in [0.4, 0.5) is 10.5 Å². The van der Waals surface area contributed by atoms with Gasteiger partial charge in [0.2, 0.25) is 0 Å². The van der Waals surface area contributed by atoms with E-state index in [2.05, 4.69) is 5.32 Å². The SMILES string of the molecule is CCOc1cc([N+](=O)[O-])cc(/C=C2/NC(=O)N(Cc3ccc(C)cc3)C2=O)c1O. The van der Waals surface area contributed by atoms with Crippen LogP contribution >= 0.6 is 0 Å². The van der Waals surface area contributed by atoms with E-state index in [0.29, 0.717) is 0 Å². The normalized spacial score (nSPS) is 15.0. The summed E-state index contributed by atoms with van der Waals surface area (Å²) in [6.07, 6.45) is 1.19. The third-order valence-electron chi connectivity index (χ3n) is 4.32. The molecule has 0 radical (unpaired) electrons. The number of hydrogen-bond donors (Lipinski definition) is 2. The molecule has 2 aromatic rings. The third kappa shape index (κ3) is 4.18. The van der Waals surface area contributed by atoms with Crippen molar-refractivity contribution < 1.29 is 24.4 Å². The van der Waals surface area contributed by atoms with Crippen molar-refractivity contribution in [3.63, 3.8) is 0 Å². The Hall–Kier alpha value is -3.88. The number of urea groups is 1. The summed E-state index contributed by atoms with van der Waals surface area (Å²) in [6.45, 7) is 3.86. The van der Waals surface area contributed by atoms with Crippen LogP contribution in [0.1, 0.15) is 23.6 Å². The number of hydrogen-bond acceptors (Lipinski definition) is 6. The van der Waals surface area contributed by atoms with Gasteiger partial charge >= 0.3 is 6.03 Å². The Morgan fingerprint density at radius 2 is 1.93 bits per heavy atom. The molecule has 0 aliphatic carbocycles. The molecule has 9 nitrogen and oxygen atoms in total. The molecule has 3 rings (SSSR count). The number of benzene rings is 2. The van der Waals surface area contributed by atoms with Crippen molar-refractivity contribution in [2.75, 3.05) is 6.61 Å². The average Bonchev–Trinajstić information content (AvgIpc) is 2.94. The monoisotopic (exact) mass is 397 g/mol. The number of imide groups is 1. The standard InChI is InChI=1S/C20H19N3O6/c1-3-29-17-10-15(23(27)28)8-14(18(17)24)9-16-19(25)22(20(26)21-16)11-13-6-4-12(2)5-7-13/h4-10,24H,3,11H2,1-2H3,(H,21,26)/b16-9+. The minimum atomic E-state index is -0.636. The van der Waals surface area contributed by atoms with Gasteiger partial charge in [-0.2, -0.15) is 0 Å². The van der Waals surface area contributed by atoms with Crippen molar-refractivity contribution in [1.82, 2.24) is 10.2 Å². The number of nitrogens with zero attached hydrogens (tertiary/aromatic N) is 2. The molecule has 0 aromatic heterocycles. The molecule has 1 aliphatic heterocycles. The van der Waals surface area contributed by atoms with Crippen molar-refractivity contribution in [2.24, 2.45) is 0 Å². The average molecular weight is 397 g/mol. The lowest BCUT2D eigenvalue weighted by Crippen LogP contribution is -2.30. The number of aromatic hydroxyl groups is 1. The van der Waals surface area contributed by atoms with Crippen molar-refractivity contribution in [3.05, 3.63) is 68.9 Å². The number of aryl methyl sites for hydroxylation is 1. The summed E-state index contributed by atoms with van der Waals surface area (Å²) < 4.78 is 5.22. The zero-order chi connectivity index (χ0) is 21.1. The Labute approximate surface area is 166 Å². The number of non-ortho nitro benzene ring substituents is 1. The first-order valence-electron chi connectivity index (χ1n) is 8.84. The van der Waals surface area contributed by atoms with Crippen LogP contribution in [0.3, 0.4) is 0 Å². The number of nitro benzene ring substituents is 1. The number of rotatable bonds is 6. The molecular weight excluding hydrogens is 378 g/mol. The fourth-order valence-electron chi connectivity index (χ4n) is 2.84. The highest BCUT2D eigenvalue weighted by molar-refractivity contribution is 6.14. The van der Waals surface area contributed by atoms with Crippen LogP contribution in [-0.2, 0) is 11.3 Å². The Morgan fingerprint density at radius 3 is 2.55 bits per heavy atom. The molecule has 1 saturated heterocycles. The van der Waals surface area contributed by atoms with Gasteiger partial charge in [-0.15, -0.1) is 0 Å². The molecule has 2 N–H and O–H groups in total. The Morgan fingerprint density at radius 1 is 1.24 bits per heavy atom. The van der Waals surface area contributed by atoms with Gasteiger partial charge in [0, 0.05) is 11.6 Å². The van der Waals surface area contributed by atoms with Crippen molar-refractivity contribution in [1.29, 1.82) is 0 Å². The second-order valence-electron chi connectivity index (χ2n) is 6.44. The quantitative estimate of drug-likeness (QED) is 0.334. The first-order valence-corrected chi connectivity index (χ1v) is 8.84. The molecule has 0 spiro atoms. The molecule has 0 saturated carbocycles. The highest BCUT2D eigenvalue weighted by atomic mass is 16.6. The summed E-state index contributed by atoms with van der Waals surface area (Å²) in [6, 6.07) is 8.97. The lowest BCUT2D eigenvalue weighted by molar-refractivity contribution is -0.385. The fraction of sp³-hybridized carbons (Fsp3) is 0.200. The Bertz CT molecular complexity index is 1010. The molecule has 1 fully saturated rings. The van der Waals surface area contributed by atoms with E-state index >= 15 is 0 Å². The molecule has 1 aliphatic rings. The van der Waals surface area contributed by atoms with Crippen molar-refractivity contribution in [3.8, 4) is 11.5 Å². The van der Waals surface area contributed by atoms with Crippen LogP contribution in [-0.4, -0.2) is 33.5 Å². The summed E-state index contributed by atoms with van der Waals surface area (Å²) in [5.74, 6) is -1.04. The molecule has 150 valence electrons. The largest absolute Gasteiger partial charge is 0.504 e. The number of nitro groups is 1. The Balaban J connectivity index is 1.92. The summed E-state index contributed by atoms with van der Waals surface area (Å²) in [4.78, 5) is 36.4. The van der Waals surface area contributed by atoms with Gasteiger partial charge < -0.3 is 15.2 Å². The first-order chi connectivity index (χ1) is 13.8. The number of carbonyl (C=O) groups is 2. The molecular formula is C20H19N3O6. The number of amides is 3. The van der Waals surface area contributed by atoms with Gasteiger partial charge in [-0.3, -0.25) is 19.8 Å². The van der Waals surface area contributed by atoms with E-state index in [1.807, 2.05) is 31.2 Å². The van der Waals surface area contributed by atoms with Crippen LogP contribution < -0.4 is 10.1 Å². The van der Waals surface area contributed by atoms with Gasteiger partial charge in [0.15, 0.2) is 11.5 Å². The topological polar surface area (TPSA) is 122 Å². The number of carbonyl (C=O) groups excluding carboxylic acids is 2. The predicted octanol–water partition coefficient (Wildman–Crippen LogP) is 3.10. The molecule has 0 bridgehead atoms. The van der Waals surface area contributed by atoms with E-state index in [1.54, 1.807) is 6.92 Å². The van der Waals surface area contributed by atoms with E-state index in [4.69, 9.17) is 4.74 Å². The third-order valence-corrected chi connectivity index (χ3v) is 4.32. The van der Waals surface area contributed by atoms with Crippen LogP contribution in [0.2, 0.25) is 0 Å². The number of nitrogens with one attached hydrogen (secondary N) is 1. The summed E-state index contributed by atoms with van der Waals surface area (Å²) in [7, 11) is 0. The maximum absolute atomic E-state index is 12.7. The molecule has 0 unspecified atom stereocenters. The van der Waals surface area contributed by atoms with E-state index in [1.165, 1.54) is 6.08 Å². The number of phenols is 1. The van der Waals surface area contributed by atoms with E-state index in [0.717, 1.165) is 28.2 Å². The first kappa shape index (κ1) is 19.9. The zero-order valence-electron chi connectivity index (χ0n) is 15.8. The second-order valence-corrected chi connectivity index (χ2v) is 6.44. The summed E-state index contributed by atoms with van der Waals surface area (Å²) >= 11 is 0. The van der Waals surface area contributed by atoms with Crippen molar-refractivity contribution >= 4 is 23.7 Å². The molecule has 3 amide bonds. The number of phenolic OH excluding ortho intramolecular Hbond substituents is 1. The minimum Gasteiger partial charge on any atom is -0.504 e. The van der Waals surface area contributed by atoms with Gasteiger partial charge in [-0.05, 0) is 25.5 Å². The van der Waals surface area contributed by atoms with Gasteiger partial charge in [-0.1, -0.05) is 29.8 Å². The summed E-state index contributed by atoms with van der Waals surface area (Å²) in [5.41, 5.74) is 1.41. The highest BCUT2D eigenvalue weighted by Crippen LogP contribution is 2.36. The lowest BCUT2D eigenvalue weighted by Gasteiger charge is -2.12. The molecule has 29 heavy (non-hydrogen) atoms.